The van der Waals surface area contributed by atoms with Crippen molar-refractivity contribution in [1.82, 2.24) is 9.55 Å². The number of fused-ring (bicyclic) bond motifs is 1. The molecule has 0 saturated heterocycles. The topological polar surface area (TPSA) is 72.2 Å². The normalized spacial score (nSPS) is 10.6. The standard InChI is InChI=1S/C12H12N2O3/c1-8-13-12(17)9-4-2-3-5-10(9)14(8)7-6-11(15)16/h2-5H,6-7H2,1H3,(H,15,16). The fourth-order valence-electron chi connectivity index (χ4n) is 1.82. The monoisotopic (exact) mass is 232 g/mol. The van der Waals surface area contributed by atoms with Crippen molar-refractivity contribution >= 4 is 16.9 Å². The zero-order valence-corrected chi connectivity index (χ0v) is 9.38. The van der Waals surface area contributed by atoms with Gasteiger partial charge in [-0.15, -0.1) is 0 Å². The van der Waals surface area contributed by atoms with E-state index in [9.17, 15) is 9.59 Å². The first kappa shape index (κ1) is 11.3. The van der Waals surface area contributed by atoms with Crippen LogP contribution in [0, 0.1) is 6.92 Å². The summed E-state index contributed by atoms with van der Waals surface area (Å²) in [6, 6.07) is 7.08. The van der Waals surface area contributed by atoms with E-state index in [1.165, 1.54) is 0 Å². The molecule has 0 unspecified atom stereocenters. The third-order valence-corrected chi connectivity index (χ3v) is 2.63. The third kappa shape index (κ3) is 2.18. The lowest BCUT2D eigenvalue weighted by molar-refractivity contribution is -0.137. The molecule has 1 aromatic carbocycles. The van der Waals surface area contributed by atoms with Gasteiger partial charge in [0.2, 0.25) is 0 Å². The summed E-state index contributed by atoms with van der Waals surface area (Å²) in [6.45, 7) is 2.02. The van der Waals surface area contributed by atoms with Crippen LogP contribution in [-0.2, 0) is 11.3 Å². The number of hydrogen-bond donors (Lipinski definition) is 1. The Morgan fingerprint density at radius 2 is 2.12 bits per heavy atom. The number of aryl methyl sites for hydroxylation is 2. The van der Waals surface area contributed by atoms with E-state index in [1.807, 2.05) is 6.07 Å². The number of para-hydroxylation sites is 1. The van der Waals surface area contributed by atoms with Crippen molar-refractivity contribution in [3.05, 3.63) is 40.4 Å². The first-order chi connectivity index (χ1) is 8.09. The maximum absolute atomic E-state index is 11.6. The number of aliphatic carboxylic acids is 1. The Bertz CT molecular complexity index is 631. The van der Waals surface area contributed by atoms with E-state index in [-0.39, 0.29) is 12.0 Å². The molecular weight excluding hydrogens is 220 g/mol. The van der Waals surface area contributed by atoms with Crippen LogP contribution in [0.2, 0.25) is 0 Å². The van der Waals surface area contributed by atoms with Gasteiger partial charge in [0.25, 0.3) is 5.56 Å². The fraction of sp³-hybridized carbons (Fsp3) is 0.250. The predicted octanol–water partition coefficient (Wildman–Crippen LogP) is 1.18. The van der Waals surface area contributed by atoms with Crippen LogP contribution in [0.15, 0.2) is 29.1 Å². The number of carboxylic acids is 1. The van der Waals surface area contributed by atoms with Crippen molar-refractivity contribution < 1.29 is 9.90 Å². The lowest BCUT2D eigenvalue weighted by atomic mass is 10.2. The van der Waals surface area contributed by atoms with E-state index >= 15 is 0 Å². The lowest BCUT2D eigenvalue weighted by Crippen LogP contribution is -2.18. The summed E-state index contributed by atoms with van der Waals surface area (Å²) in [4.78, 5) is 26.1. The Balaban J connectivity index is 2.61. The second-order valence-electron chi connectivity index (χ2n) is 3.78. The highest BCUT2D eigenvalue weighted by Crippen LogP contribution is 2.11. The van der Waals surface area contributed by atoms with Gasteiger partial charge in [0.1, 0.15) is 5.82 Å². The van der Waals surface area contributed by atoms with Crippen molar-refractivity contribution in [2.45, 2.75) is 19.9 Å². The smallest absolute Gasteiger partial charge is 0.305 e. The molecule has 0 atom stereocenters. The number of hydrogen-bond acceptors (Lipinski definition) is 3. The summed E-state index contributed by atoms with van der Waals surface area (Å²) in [5.74, 6) is -0.331. The highest BCUT2D eigenvalue weighted by molar-refractivity contribution is 5.78. The van der Waals surface area contributed by atoms with Gasteiger partial charge in [-0.3, -0.25) is 9.59 Å². The largest absolute Gasteiger partial charge is 0.481 e. The number of carbonyl (C=O) groups is 1. The molecule has 5 heteroatoms. The Hall–Kier alpha value is -2.17. The molecule has 1 N–H and O–H groups in total. The van der Waals surface area contributed by atoms with Crippen LogP contribution in [0.5, 0.6) is 0 Å². The van der Waals surface area contributed by atoms with Gasteiger partial charge in [0.15, 0.2) is 0 Å². The Kier molecular flexibility index (Phi) is 2.91. The van der Waals surface area contributed by atoms with Gasteiger partial charge >= 0.3 is 5.97 Å². The molecule has 2 aromatic rings. The zero-order valence-electron chi connectivity index (χ0n) is 9.38. The maximum Gasteiger partial charge on any atom is 0.305 e. The molecule has 17 heavy (non-hydrogen) atoms. The fourth-order valence-corrected chi connectivity index (χ4v) is 1.82. The first-order valence-corrected chi connectivity index (χ1v) is 5.27. The Morgan fingerprint density at radius 1 is 1.41 bits per heavy atom. The van der Waals surface area contributed by atoms with Crippen molar-refractivity contribution in [1.29, 1.82) is 0 Å². The molecule has 0 aliphatic carbocycles. The van der Waals surface area contributed by atoms with Crippen LogP contribution in [0.4, 0.5) is 0 Å². The molecule has 1 aromatic heterocycles. The first-order valence-electron chi connectivity index (χ1n) is 5.27. The molecule has 2 rings (SSSR count). The average molecular weight is 232 g/mol. The minimum Gasteiger partial charge on any atom is -0.481 e. The summed E-state index contributed by atoms with van der Waals surface area (Å²) in [5.41, 5.74) is 0.455. The van der Waals surface area contributed by atoms with Crippen LogP contribution in [0.3, 0.4) is 0 Å². The Labute approximate surface area is 97.3 Å². The summed E-state index contributed by atoms with van der Waals surface area (Å²) >= 11 is 0. The number of benzene rings is 1. The number of nitrogens with zero attached hydrogens (tertiary/aromatic N) is 2. The molecule has 1 heterocycles. The zero-order chi connectivity index (χ0) is 12.4. The summed E-state index contributed by atoms with van der Waals surface area (Å²) in [5, 5.41) is 9.21. The van der Waals surface area contributed by atoms with E-state index < -0.39 is 5.97 Å². The molecule has 0 aliphatic heterocycles. The lowest BCUT2D eigenvalue weighted by Gasteiger charge is -2.11. The van der Waals surface area contributed by atoms with E-state index in [0.29, 0.717) is 17.8 Å². The molecule has 88 valence electrons. The van der Waals surface area contributed by atoms with Crippen LogP contribution in [0.1, 0.15) is 12.2 Å². The number of aromatic nitrogens is 2. The van der Waals surface area contributed by atoms with Gasteiger partial charge in [-0.2, -0.15) is 4.98 Å². The summed E-state index contributed by atoms with van der Waals surface area (Å²) in [6.07, 6.45) is 0.00931. The van der Waals surface area contributed by atoms with Gasteiger partial charge < -0.3 is 9.67 Å². The molecule has 0 radical (unpaired) electrons. The number of rotatable bonds is 3. The molecule has 0 bridgehead atoms. The van der Waals surface area contributed by atoms with Gasteiger partial charge in [0, 0.05) is 6.54 Å². The SMILES string of the molecule is Cc1nc(=O)c2ccccc2n1CCC(=O)O. The average Bonchev–Trinajstić information content (AvgIpc) is 2.28. The quantitative estimate of drug-likeness (QED) is 0.862. The van der Waals surface area contributed by atoms with Crippen molar-refractivity contribution in [3.8, 4) is 0 Å². The van der Waals surface area contributed by atoms with Gasteiger partial charge in [-0.25, -0.2) is 0 Å². The molecule has 0 fully saturated rings. The van der Waals surface area contributed by atoms with Crippen LogP contribution in [-0.4, -0.2) is 20.6 Å². The van der Waals surface area contributed by atoms with Crippen molar-refractivity contribution in [2.75, 3.05) is 0 Å². The maximum atomic E-state index is 11.6. The predicted molar refractivity (Wildman–Crippen MR) is 63.0 cm³/mol. The second kappa shape index (κ2) is 4.37. The van der Waals surface area contributed by atoms with Crippen LogP contribution in [0.25, 0.3) is 10.9 Å². The highest BCUT2D eigenvalue weighted by atomic mass is 16.4. The summed E-state index contributed by atoms with van der Waals surface area (Å²) in [7, 11) is 0. The molecule has 0 saturated carbocycles. The second-order valence-corrected chi connectivity index (χ2v) is 3.78. The van der Waals surface area contributed by atoms with E-state index in [4.69, 9.17) is 5.11 Å². The minimum absolute atomic E-state index is 0.00931. The molecule has 0 amide bonds. The van der Waals surface area contributed by atoms with E-state index in [2.05, 4.69) is 4.98 Å². The van der Waals surface area contributed by atoms with Crippen LogP contribution >= 0.6 is 0 Å². The van der Waals surface area contributed by atoms with Crippen molar-refractivity contribution in [3.63, 3.8) is 0 Å². The Morgan fingerprint density at radius 3 is 2.82 bits per heavy atom. The molecule has 5 nitrogen and oxygen atoms in total. The van der Waals surface area contributed by atoms with E-state index in [1.54, 1.807) is 29.7 Å². The summed E-state index contributed by atoms with van der Waals surface area (Å²) < 4.78 is 1.75. The minimum atomic E-state index is -0.868. The molecule has 0 aliphatic rings. The number of carboxylic acid groups (broad SMARTS) is 1. The third-order valence-electron chi connectivity index (χ3n) is 2.63. The van der Waals surface area contributed by atoms with Crippen LogP contribution < -0.4 is 5.56 Å². The van der Waals surface area contributed by atoms with Gasteiger partial charge in [-0.1, -0.05) is 12.1 Å². The highest BCUT2D eigenvalue weighted by Gasteiger charge is 2.08. The van der Waals surface area contributed by atoms with Crippen molar-refractivity contribution in [2.24, 2.45) is 0 Å². The van der Waals surface area contributed by atoms with E-state index in [0.717, 1.165) is 5.52 Å². The van der Waals surface area contributed by atoms with Gasteiger partial charge in [-0.05, 0) is 19.1 Å². The molecular formula is C12H12N2O3. The molecule has 0 spiro atoms. The van der Waals surface area contributed by atoms with Gasteiger partial charge in [0.05, 0.1) is 17.3 Å².